The average Bonchev–Trinajstić information content (AvgIpc) is 3.10. The number of nitrogens with zero attached hydrogens (tertiary/aromatic N) is 3. The number of alkyl halides is 3. The number of likely N-dealkylation sites (N-methyl/N-ethyl adjacent to an activating group) is 2. The van der Waals surface area contributed by atoms with E-state index in [2.05, 4.69) is 4.98 Å². The highest BCUT2D eigenvalue weighted by Gasteiger charge is 2.30. The van der Waals surface area contributed by atoms with Crippen LogP contribution in [0.3, 0.4) is 0 Å². The Bertz CT molecular complexity index is 952. The molecular formula is C21H22F3N3OS. The number of fused-ring (bicyclic) bond motifs is 1. The Hall–Kier alpha value is -2.45. The van der Waals surface area contributed by atoms with Gasteiger partial charge in [-0.3, -0.25) is 9.69 Å². The van der Waals surface area contributed by atoms with Crippen molar-refractivity contribution in [3.63, 3.8) is 0 Å². The molecule has 0 fully saturated rings. The van der Waals surface area contributed by atoms with Gasteiger partial charge in [0.15, 0.2) is 0 Å². The fraction of sp³-hybridized carbons (Fsp3) is 0.333. The fourth-order valence-electron chi connectivity index (χ4n) is 2.96. The lowest BCUT2D eigenvalue weighted by Crippen LogP contribution is -2.37. The van der Waals surface area contributed by atoms with E-state index in [9.17, 15) is 18.0 Å². The standard InChI is InChI=1S/C21H22F3N3OS/c1-14(20-25-17-6-4-5-7-18(17)29-20)27(3)19(28)13-26(2)12-15-8-10-16(11-9-15)21(22,23)24/h4-11,14H,12-13H2,1-3H3/t14-/m1/s1. The van der Waals surface area contributed by atoms with Crippen LogP contribution in [0.2, 0.25) is 0 Å². The van der Waals surface area contributed by atoms with Crippen LogP contribution in [-0.4, -0.2) is 41.3 Å². The first-order valence-electron chi connectivity index (χ1n) is 9.11. The lowest BCUT2D eigenvalue weighted by atomic mass is 10.1. The molecular weight excluding hydrogens is 399 g/mol. The molecule has 3 rings (SSSR count). The maximum atomic E-state index is 12.7. The van der Waals surface area contributed by atoms with Crippen molar-refractivity contribution < 1.29 is 18.0 Å². The molecule has 3 aromatic rings. The van der Waals surface area contributed by atoms with Gasteiger partial charge in [-0.25, -0.2) is 4.98 Å². The SMILES string of the molecule is C[C@H](c1nc2ccccc2s1)N(C)C(=O)CN(C)Cc1ccc(C(F)(F)F)cc1. The molecule has 29 heavy (non-hydrogen) atoms. The van der Waals surface area contributed by atoms with Crippen molar-refractivity contribution in [2.75, 3.05) is 20.6 Å². The zero-order valence-electron chi connectivity index (χ0n) is 16.4. The van der Waals surface area contributed by atoms with E-state index in [4.69, 9.17) is 0 Å². The Morgan fingerprint density at radius 3 is 2.38 bits per heavy atom. The number of aromatic nitrogens is 1. The highest BCUT2D eigenvalue weighted by atomic mass is 32.1. The highest BCUT2D eigenvalue weighted by molar-refractivity contribution is 7.18. The zero-order chi connectivity index (χ0) is 21.2. The summed E-state index contributed by atoms with van der Waals surface area (Å²) >= 11 is 1.57. The van der Waals surface area contributed by atoms with Crippen molar-refractivity contribution in [2.24, 2.45) is 0 Å². The Morgan fingerprint density at radius 1 is 1.10 bits per heavy atom. The van der Waals surface area contributed by atoms with Crippen molar-refractivity contribution in [3.8, 4) is 0 Å². The van der Waals surface area contributed by atoms with Crippen molar-refractivity contribution in [1.82, 2.24) is 14.8 Å². The number of para-hydroxylation sites is 1. The molecule has 154 valence electrons. The van der Waals surface area contributed by atoms with Crippen molar-refractivity contribution >= 4 is 27.5 Å². The molecule has 1 aromatic heterocycles. The summed E-state index contributed by atoms with van der Waals surface area (Å²) in [5, 5.41) is 0.868. The number of thiazole rings is 1. The lowest BCUT2D eigenvalue weighted by Gasteiger charge is -2.26. The predicted octanol–water partition coefficient (Wildman–Crippen LogP) is 4.97. The minimum atomic E-state index is -4.35. The molecule has 2 aromatic carbocycles. The van der Waals surface area contributed by atoms with Crippen LogP contribution in [0.5, 0.6) is 0 Å². The number of carbonyl (C=O) groups excluding carboxylic acids is 1. The summed E-state index contributed by atoms with van der Waals surface area (Å²) in [6.45, 7) is 2.48. The smallest absolute Gasteiger partial charge is 0.335 e. The van der Waals surface area contributed by atoms with Crippen LogP contribution < -0.4 is 0 Å². The van der Waals surface area contributed by atoms with E-state index in [1.165, 1.54) is 12.1 Å². The van der Waals surface area contributed by atoms with Crippen LogP contribution in [0.1, 0.15) is 29.1 Å². The van der Waals surface area contributed by atoms with Crippen molar-refractivity contribution in [2.45, 2.75) is 25.7 Å². The van der Waals surface area contributed by atoms with E-state index in [0.717, 1.165) is 32.9 Å². The molecule has 0 N–H and O–H groups in total. The van der Waals surface area contributed by atoms with Gasteiger partial charge in [-0.2, -0.15) is 13.2 Å². The van der Waals surface area contributed by atoms with Gasteiger partial charge in [0.25, 0.3) is 0 Å². The van der Waals surface area contributed by atoms with E-state index in [-0.39, 0.29) is 18.5 Å². The molecule has 8 heteroatoms. The molecule has 0 radical (unpaired) electrons. The van der Waals surface area contributed by atoms with Crippen LogP contribution >= 0.6 is 11.3 Å². The van der Waals surface area contributed by atoms with E-state index < -0.39 is 11.7 Å². The third-order valence-electron chi connectivity index (χ3n) is 4.78. The van der Waals surface area contributed by atoms with Gasteiger partial charge in [-0.05, 0) is 43.8 Å². The summed E-state index contributed by atoms with van der Waals surface area (Å²) in [4.78, 5) is 20.7. The van der Waals surface area contributed by atoms with Gasteiger partial charge in [0, 0.05) is 13.6 Å². The lowest BCUT2D eigenvalue weighted by molar-refractivity contribution is -0.137. The first kappa shape index (κ1) is 21.3. The first-order chi connectivity index (χ1) is 13.6. The molecule has 0 saturated heterocycles. The molecule has 0 unspecified atom stereocenters. The second kappa shape index (κ2) is 8.51. The predicted molar refractivity (Wildman–Crippen MR) is 109 cm³/mol. The van der Waals surface area contributed by atoms with E-state index in [1.54, 1.807) is 35.2 Å². The summed E-state index contributed by atoms with van der Waals surface area (Å²) in [7, 11) is 3.51. The van der Waals surface area contributed by atoms with Gasteiger partial charge >= 0.3 is 6.18 Å². The van der Waals surface area contributed by atoms with Gasteiger partial charge in [-0.1, -0.05) is 24.3 Å². The molecule has 4 nitrogen and oxygen atoms in total. The summed E-state index contributed by atoms with van der Waals surface area (Å²) in [5.41, 5.74) is 0.958. The number of amides is 1. The Kier molecular flexibility index (Phi) is 6.24. The van der Waals surface area contributed by atoms with Gasteiger partial charge < -0.3 is 4.90 Å². The summed E-state index contributed by atoms with van der Waals surface area (Å²) in [5.74, 6) is -0.0776. The van der Waals surface area contributed by atoms with E-state index in [0.29, 0.717) is 6.54 Å². The molecule has 0 aliphatic rings. The van der Waals surface area contributed by atoms with Gasteiger partial charge in [0.2, 0.25) is 5.91 Å². The van der Waals surface area contributed by atoms with Gasteiger partial charge in [0.1, 0.15) is 5.01 Å². The van der Waals surface area contributed by atoms with Crippen molar-refractivity contribution in [3.05, 3.63) is 64.7 Å². The average molecular weight is 421 g/mol. The number of halogens is 3. The normalized spacial score (nSPS) is 13.1. The Labute approximate surface area is 171 Å². The molecule has 1 amide bonds. The number of carbonyl (C=O) groups is 1. The summed E-state index contributed by atoms with van der Waals surface area (Å²) in [6.07, 6.45) is -4.35. The molecule has 0 spiro atoms. The number of hydrogen-bond acceptors (Lipinski definition) is 4. The van der Waals surface area contributed by atoms with Gasteiger partial charge in [-0.15, -0.1) is 11.3 Å². The van der Waals surface area contributed by atoms with Crippen LogP contribution in [-0.2, 0) is 17.5 Å². The topological polar surface area (TPSA) is 36.4 Å². The number of benzene rings is 2. The largest absolute Gasteiger partial charge is 0.416 e. The summed E-state index contributed by atoms with van der Waals surface area (Å²) < 4.78 is 39.1. The zero-order valence-corrected chi connectivity index (χ0v) is 17.2. The molecule has 0 bridgehead atoms. The van der Waals surface area contributed by atoms with E-state index in [1.807, 2.05) is 31.2 Å². The second-order valence-corrected chi connectivity index (χ2v) is 8.13. The maximum Gasteiger partial charge on any atom is 0.416 e. The van der Waals surface area contributed by atoms with E-state index >= 15 is 0 Å². The molecule has 0 aliphatic heterocycles. The second-order valence-electron chi connectivity index (χ2n) is 7.07. The quantitative estimate of drug-likeness (QED) is 0.564. The Morgan fingerprint density at radius 2 is 1.76 bits per heavy atom. The molecule has 0 saturated carbocycles. The van der Waals surface area contributed by atoms with Crippen LogP contribution in [0.15, 0.2) is 48.5 Å². The minimum absolute atomic E-state index is 0.0776. The van der Waals surface area contributed by atoms with Crippen LogP contribution in [0.25, 0.3) is 10.2 Å². The number of rotatable bonds is 6. The minimum Gasteiger partial charge on any atom is -0.335 e. The number of hydrogen-bond donors (Lipinski definition) is 0. The maximum absolute atomic E-state index is 12.7. The monoisotopic (exact) mass is 421 g/mol. The third-order valence-corrected chi connectivity index (χ3v) is 5.99. The molecule has 1 atom stereocenters. The fourth-order valence-corrected chi connectivity index (χ4v) is 4.02. The molecule has 1 heterocycles. The third kappa shape index (κ3) is 5.13. The highest BCUT2D eigenvalue weighted by Crippen LogP contribution is 2.30. The van der Waals surface area contributed by atoms with Gasteiger partial charge in [0.05, 0.1) is 28.4 Å². The van der Waals surface area contributed by atoms with Crippen LogP contribution in [0, 0.1) is 0 Å². The summed E-state index contributed by atoms with van der Waals surface area (Å²) in [6, 6.07) is 12.7. The van der Waals surface area contributed by atoms with Crippen LogP contribution in [0.4, 0.5) is 13.2 Å². The van der Waals surface area contributed by atoms with Crippen molar-refractivity contribution in [1.29, 1.82) is 0 Å². The Balaban J connectivity index is 1.59. The first-order valence-corrected chi connectivity index (χ1v) is 9.92. The molecule has 0 aliphatic carbocycles.